The summed E-state index contributed by atoms with van der Waals surface area (Å²) in [7, 11) is 0. The van der Waals surface area contributed by atoms with Crippen LogP contribution in [0.25, 0.3) is 0 Å². The zero-order chi connectivity index (χ0) is 11.2. The van der Waals surface area contributed by atoms with E-state index in [1.165, 1.54) is 0 Å². The minimum atomic E-state index is -1.51. The molecule has 0 aromatic heterocycles. The molecule has 2 rings (SSSR count). The summed E-state index contributed by atoms with van der Waals surface area (Å²) in [5.74, 6) is -4.01. The smallest absolute Gasteiger partial charge is 0.315 e. The monoisotopic (exact) mass is 216 g/mol. The summed E-state index contributed by atoms with van der Waals surface area (Å²) in [6, 6.07) is 0.142. The zero-order valence-corrected chi connectivity index (χ0v) is 7.56. The first-order chi connectivity index (χ1) is 7.00. The van der Waals surface area contributed by atoms with Crippen molar-refractivity contribution in [2.45, 2.75) is 13.1 Å². The standard InChI is InChI=1S/C9H7F3N2O/c10-6-1-4-2-14(9(13)15)3-5(4)7(11)8(6)12/h1H,2-3H2,(H2,13,15). The van der Waals surface area contributed by atoms with E-state index in [-0.39, 0.29) is 24.2 Å². The molecule has 1 aliphatic heterocycles. The third kappa shape index (κ3) is 1.42. The molecule has 0 fully saturated rings. The van der Waals surface area contributed by atoms with Crippen LogP contribution >= 0.6 is 0 Å². The molecule has 0 aliphatic carbocycles. The van der Waals surface area contributed by atoms with Gasteiger partial charge in [0.05, 0.1) is 6.54 Å². The molecule has 2 N–H and O–H groups in total. The van der Waals surface area contributed by atoms with E-state index < -0.39 is 23.5 Å². The molecule has 1 heterocycles. The maximum atomic E-state index is 13.2. The van der Waals surface area contributed by atoms with Crippen molar-refractivity contribution in [3.63, 3.8) is 0 Å². The molecule has 1 aromatic rings. The van der Waals surface area contributed by atoms with E-state index in [0.29, 0.717) is 0 Å². The number of hydrogen-bond acceptors (Lipinski definition) is 1. The molecule has 0 unspecified atom stereocenters. The fraction of sp³-hybridized carbons (Fsp3) is 0.222. The highest BCUT2D eigenvalue weighted by Gasteiger charge is 2.28. The van der Waals surface area contributed by atoms with Crippen molar-refractivity contribution in [3.05, 3.63) is 34.6 Å². The molecule has 1 aliphatic rings. The quantitative estimate of drug-likeness (QED) is 0.656. The highest BCUT2D eigenvalue weighted by molar-refractivity contribution is 5.73. The normalized spacial score (nSPS) is 14.2. The summed E-state index contributed by atoms with van der Waals surface area (Å²) in [6.07, 6.45) is 0. The second-order valence-corrected chi connectivity index (χ2v) is 3.32. The maximum Gasteiger partial charge on any atom is 0.315 e. The van der Waals surface area contributed by atoms with Crippen molar-refractivity contribution in [2.24, 2.45) is 5.73 Å². The number of amides is 2. The van der Waals surface area contributed by atoms with Crippen molar-refractivity contribution in [3.8, 4) is 0 Å². The lowest BCUT2D eigenvalue weighted by Crippen LogP contribution is -2.30. The van der Waals surface area contributed by atoms with Gasteiger partial charge in [0.25, 0.3) is 0 Å². The average molecular weight is 216 g/mol. The Labute approximate surface area is 83.3 Å². The van der Waals surface area contributed by atoms with Crippen LogP contribution in [0.5, 0.6) is 0 Å². The van der Waals surface area contributed by atoms with E-state index in [0.717, 1.165) is 11.0 Å². The second kappa shape index (κ2) is 3.15. The van der Waals surface area contributed by atoms with Gasteiger partial charge in [0.1, 0.15) is 0 Å². The van der Waals surface area contributed by atoms with Gasteiger partial charge >= 0.3 is 6.03 Å². The number of urea groups is 1. The molecule has 15 heavy (non-hydrogen) atoms. The number of hydrogen-bond donors (Lipinski definition) is 1. The zero-order valence-electron chi connectivity index (χ0n) is 7.56. The van der Waals surface area contributed by atoms with E-state index >= 15 is 0 Å². The third-order valence-electron chi connectivity index (χ3n) is 2.38. The lowest BCUT2D eigenvalue weighted by Gasteiger charge is -2.10. The van der Waals surface area contributed by atoms with Crippen LogP contribution < -0.4 is 5.73 Å². The number of nitrogens with two attached hydrogens (primary N) is 1. The first-order valence-corrected chi connectivity index (χ1v) is 4.20. The highest BCUT2D eigenvalue weighted by Crippen LogP contribution is 2.28. The van der Waals surface area contributed by atoms with Crippen LogP contribution in [0.2, 0.25) is 0 Å². The molecule has 1 aromatic carbocycles. The van der Waals surface area contributed by atoms with Crippen molar-refractivity contribution < 1.29 is 18.0 Å². The van der Waals surface area contributed by atoms with Gasteiger partial charge in [0, 0.05) is 12.1 Å². The molecule has 80 valence electrons. The third-order valence-corrected chi connectivity index (χ3v) is 2.38. The Morgan fingerprint density at radius 3 is 2.53 bits per heavy atom. The van der Waals surface area contributed by atoms with Gasteiger partial charge in [0.2, 0.25) is 0 Å². The van der Waals surface area contributed by atoms with Crippen molar-refractivity contribution >= 4 is 6.03 Å². The molecule has 6 heteroatoms. The second-order valence-electron chi connectivity index (χ2n) is 3.32. The van der Waals surface area contributed by atoms with Crippen LogP contribution in [0.3, 0.4) is 0 Å². The molecular weight excluding hydrogens is 209 g/mol. The summed E-state index contributed by atoms with van der Waals surface area (Å²) < 4.78 is 38.8. The summed E-state index contributed by atoms with van der Waals surface area (Å²) in [4.78, 5) is 11.9. The molecule has 2 amide bonds. The van der Waals surface area contributed by atoms with Gasteiger partial charge in [-0.05, 0) is 11.6 Å². The van der Waals surface area contributed by atoms with Crippen LogP contribution in [0.1, 0.15) is 11.1 Å². The van der Waals surface area contributed by atoms with Crippen molar-refractivity contribution in [1.82, 2.24) is 4.90 Å². The topological polar surface area (TPSA) is 46.3 Å². The Balaban J connectivity index is 2.47. The van der Waals surface area contributed by atoms with E-state index in [1.54, 1.807) is 0 Å². The van der Waals surface area contributed by atoms with E-state index in [2.05, 4.69) is 0 Å². The molecule has 0 bridgehead atoms. The number of carbonyl (C=O) groups excluding carboxylic acids is 1. The van der Waals surface area contributed by atoms with Gasteiger partial charge in [-0.15, -0.1) is 0 Å². The number of benzene rings is 1. The molecule has 0 saturated carbocycles. The minimum Gasteiger partial charge on any atom is -0.351 e. The Hall–Kier alpha value is -1.72. The van der Waals surface area contributed by atoms with Crippen LogP contribution in [-0.4, -0.2) is 10.9 Å². The summed E-state index contributed by atoms with van der Waals surface area (Å²) >= 11 is 0. The Kier molecular flexibility index (Phi) is 2.06. The highest BCUT2D eigenvalue weighted by atomic mass is 19.2. The first-order valence-electron chi connectivity index (χ1n) is 4.20. The number of fused-ring (bicyclic) bond motifs is 1. The van der Waals surface area contributed by atoms with Gasteiger partial charge in [0.15, 0.2) is 17.5 Å². The molecule has 0 saturated heterocycles. The predicted octanol–water partition coefficient (Wildman–Crippen LogP) is 1.50. The maximum absolute atomic E-state index is 13.2. The van der Waals surface area contributed by atoms with Crippen molar-refractivity contribution in [2.75, 3.05) is 0 Å². The predicted molar refractivity (Wildman–Crippen MR) is 45.1 cm³/mol. The lowest BCUT2D eigenvalue weighted by atomic mass is 10.1. The first kappa shape index (κ1) is 9.82. The van der Waals surface area contributed by atoms with Crippen LogP contribution in [0.15, 0.2) is 6.07 Å². The molecule has 3 nitrogen and oxygen atoms in total. The Morgan fingerprint density at radius 2 is 1.93 bits per heavy atom. The SMILES string of the molecule is NC(=O)N1Cc2cc(F)c(F)c(F)c2C1. The Bertz CT molecular complexity index is 447. The Morgan fingerprint density at radius 1 is 1.27 bits per heavy atom. The summed E-state index contributed by atoms with van der Waals surface area (Å²) in [6.45, 7) is -0.105. The van der Waals surface area contributed by atoms with Crippen molar-refractivity contribution in [1.29, 1.82) is 0 Å². The fourth-order valence-electron chi connectivity index (χ4n) is 1.60. The van der Waals surface area contributed by atoms with Gasteiger partial charge < -0.3 is 10.6 Å². The minimum absolute atomic E-state index is 0.00676. The molecule has 0 atom stereocenters. The summed E-state index contributed by atoms with van der Waals surface area (Å²) in [5, 5.41) is 0. The van der Waals surface area contributed by atoms with Gasteiger partial charge in [-0.2, -0.15) is 0 Å². The number of primary amides is 1. The average Bonchev–Trinajstić information content (AvgIpc) is 2.58. The van der Waals surface area contributed by atoms with Crippen LogP contribution in [0.4, 0.5) is 18.0 Å². The van der Waals surface area contributed by atoms with Crippen LogP contribution in [-0.2, 0) is 13.1 Å². The molecular formula is C9H7F3N2O. The number of carbonyl (C=O) groups is 1. The molecule has 0 spiro atoms. The van der Waals surface area contributed by atoms with E-state index in [9.17, 15) is 18.0 Å². The molecule has 0 radical (unpaired) electrons. The van der Waals surface area contributed by atoms with Gasteiger partial charge in [-0.25, -0.2) is 18.0 Å². The van der Waals surface area contributed by atoms with Gasteiger partial charge in [-0.3, -0.25) is 0 Å². The number of nitrogens with zero attached hydrogens (tertiary/aromatic N) is 1. The number of halogens is 3. The van der Waals surface area contributed by atoms with Crippen LogP contribution in [0, 0.1) is 17.5 Å². The fourth-order valence-corrected chi connectivity index (χ4v) is 1.60. The van der Waals surface area contributed by atoms with E-state index in [1.807, 2.05) is 0 Å². The summed E-state index contributed by atoms with van der Waals surface area (Å²) in [5.41, 5.74) is 5.23. The lowest BCUT2D eigenvalue weighted by molar-refractivity contribution is 0.208. The van der Waals surface area contributed by atoms with E-state index in [4.69, 9.17) is 5.73 Å². The number of rotatable bonds is 0. The largest absolute Gasteiger partial charge is 0.351 e. The van der Waals surface area contributed by atoms with Gasteiger partial charge in [-0.1, -0.05) is 0 Å².